The first-order valence-electron chi connectivity index (χ1n) is 6.26. The third-order valence-electron chi connectivity index (χ3n) is 3.39. The summed E-state index contributed by atoms with van der Waals surface area (Å²) in [4.78, 5) is 26.5. The van der Waals surface area contributed by atoms with Crippen LogP contribution in [0.3, 0.4) is 0 Å². The van der Waals surface area contributed by atoms with E-state index in [1.54, 1.807) is 11.8 Å². The lowest BCUT2D eigenvalue weighted by Crippen LogP contribution is -2.48. The van der Waals surface area contributed by atoms with Gasteiger partial charge in [0.05, 0.1) is 6.42 Å². The molecule has 0 aliphatic carbocycles. The summed E-state index contributed by atoms with van der Waals surface area (Å²) in [6, 6.07) is -0.00220. The molecular weight excluding hydrogens is 220 g/mol. The van der Waals surface area contributed by atoms with Gasteiger partial charge in [-0.15, -0.1) is 0 Å². The maximum atomic E-state index is 12.3. The fourth-order valence-corrected chi connectivity index (χ4v) is 2.38. The van der Waals surface area contributed by atoms with E-state index in [-0.39, 0.29) is 24.5 Å². The lowest BCUT2D eigenvalue weighted by atomic mass is 10.2. The van der Waals surface area contributed by atoms with Crippen LogP contribution >= 0.6 is 0 Å². The van der Waals surface area contributed by atoms with E-state index < -0.39 is 5.97 Å². The van der Waals surface area contributed by atoms with Gasteiger partial charge in [-0.2, -0.15) is 0 Å². The maximum Gasteiger partial charge on any atom is 0.320 e. The molecule has 1 saturated heterocycles. The van der Waals surface area contributed by atoms with Gasteiger partial charge < -0.3 is 14.9 Å². The first-order chi connectivity index (χ1) is 7.97. The number of hydrogen-bond donors (Lipinski definition) is 1. The molecule has 0 bridgehead atoms. The predicted octanol–water partition coefficient (Wildman–Crippen LogP) is 1.78. The van der Waals surface area contributed by atoms with Crippen LogP contribution in [0.1, 0.15) is 40.0 Å². The molecule has 0 saturated carbocycles. The van der Waals surface area contributed by atoms with Gasteiger partial charge >= 0.3 is 12.0 Å². The largest absolute Gasteiger partial charge is 0.481 e. The summed E-state index contributed by atoms with van der Waals surface area (Å²) in [5, 5.41) is 8.78. The zero-order chi connectivity index (χ0) is 13.0. The first-order valence-corrected chi connectivity index (χ1v) is 6.26. The summed E-state index contributed by atoms with van der Waals surface area (Å²) in [7, 11) is 0. The standard InChI is InChI=1S/C12H22N2O3/c1-4-13(10(3)8-11(15)16)12(17)14-7-5-6-9(14)2/h9-10H,4-8H2,1-3H3,(H,15,16). The number of rotatable bonds is 4. The number of carbonyl (C=O) groups excluding carboxylic acids is 1. The smallest absolute Gasteiger partial charge is 0.320 e. The van der Waals surface area contributed by atoms with E-state index in [0.29, 0.717) is 6.54 Å². The third kappa shape index (κ3) is 3.35. The molecule has 2 unspecified atom stereocenters. The summed E-state index contributed by atoms with van der Waals surface area (Å²) in [5.41, 5.74) is 0. The maximum absolute atomic E-state index is 12.3. The van der Waals surface area contributed by atoms with Crippen molar-refractivity contribution >= 4 is 12.0 Å². The van der Waals surface area contributed by atoms with Crippen molar-refractivity contribution in [1.82, 2.24) is 9.80 Å². The van der Waals surface area contributed by atoms with Crippen LogP contribution in [0, 0.1) is 0 Å². The Kier molecular flexibility index (Phi) is 4.78. The Balaban J connectivity index is 2.66. The van der Waals surface area contributed by atoms with Gasteiger partial charge in [-0.3, -0.25) is 4.79 Å². The molecule has 1 N–H and O–H groups in total. The summed E-state index contributed by atoms with van der Waals surface area (Å²) in [5.74, 6) is -0.863. The van der Waals surface area contributed by atoms with E-state index in [1.807, 2.05) is 18.7 Å². The monoisotopic (exact) mass is 242 g/mol. The van der Waals surface area contributed by atoms with Gasteiger partial charge in [0.2, 0.25) is 0 Å². The SMILES string of the molecule is CCN(C(=O)N1CCCC1C)C(C)CC(=O)O. The molecule has 0 spiro atoms. The Bertz CT molecular complexity index is 293. The van der Waals surface area contributed by atoms with Crippen molar-refractivity contribution < 1.29 is 14.7 Å². The van der Waals surface area contributed by atoms with Gasteiger partial charge in [0.15, 0.2) is 0 Å². The van der Waals surface area contributed by atoms with Crippen LogP contribution in [0.15, 0.2) is 0 Å². The Labute approximate surface area is 102 Å². The van der Waals surface area contributed by atoms with Crippen LogP contribution in [-0.2, 0) is 4.79 Å². The quantitative estimate of drug-likeness (QED) is 0.817. The summed E-state index contributed by atoms with van der Waals surface area (Å²) >= 11 is 0. The van der Waals surface area contributed by atoms with Crippen molar-refractivity contribution in [2.24, 2.45) is 0 Å². The number of nitrogens with zero attached hydrogens (tertiary/aromatic N) is 2. The molecule has 98 valence electrons. The van der Waals surface area contributed by atoms with E-state index in [9.17, 15) is 9.59 Å². The molecule has 5 heteroatoms. The second-order valence-corrected chi connectivity index (χ2v) is 4.70. The van der Waals surface area contributed by atoms with Crippen molar-refractivity contribution in [3.05, 3.63) is 0 Å². The molecule has 1 rings (SSSR count). The lowest BCUT2D eigenvalue weighted by Gasteiger charge is -2.33. The average molecular weight is 242 g/mol. The minimum Gasteiger partial charge on any atom is -0.481 e. The number of carboxylic acids is 1. The Morgan fingerprint density at radius 1 is 1.53 bits per heavy atom. The third-order valence-corrected chi connectivity index (χ3v) is 3.39. The normalized spacial score (nSPS) is 21.4. The van der Waals surface area contributed by atoms with Crippen molar-refractivity contribution in [2.75, 3.05) is 13.1 Å². The molecular formula is C12H22N2O3. The second-order valence-electron chi connectivity index (χ2n) is 4.70. The number of amides is 2. The lowest BCUT2D eigenvalue weighted by molar-refractivity contribution is -0.138. The van der Waals surface area contributed by atoms with Crippen LogP contribution in [0.4, 0.5) is 4.79 Å². The zero-order valence-corrected chi connectivity index (χ0v) is 10.8. The number of carbonyl (C=O) groups is 2. The Morgan fingerprint density at radius 2 is 2.18 bits per heavy atom. The van der Waals surface area contributed by atoms with E-state index in [4.69, 9.17) is 5.11 Å². The highest BCUT2D eigenvalue weighted by Crippen LogP contribution is 2.19. The molecule has 0 aromatic carbocycles. The molecule has 1 heterocycles. The summed E-state index contributed by atoms with van der Waals surface area (Å²) in [6.45, 7) is 7.06. The van der Waals surface area contributed by atoms with Crippen LogP contribution in [0.2, 0.25) is 0 Å². The number of likely N-dealkylation sites (tertiary alicyclic amines) is 1. The average Bonchev–Trinajstić information content (AvgIpc) is 2.64. The molecule has 1 aliphatic heterocycles. The molecule has 1 aliphatic rings. The van der Waals surface area contributed by atoms with Crippen LogP contribution in [-0.4, -0.2) is 52.1 Å². The topological polar surface area (TPSA) is 60.9 Å². The number of carboxylic acid groups (broad SMARTS) is 1. The van der Waals surface area contributed by atoms with Gasteiger partial charge in [0.1, 0.15) is 0 Å². The van der Waals surface area contributed by atoms with E-state index in [2.05, 4.69) is 0 Å². The van der Waals surface area contributed by atoms with E-state index in [0.717, 1.165) is 19.4 Å². The van der Waals surface area contributed by atoms with Crippen molar-refractivity contribution in [2.45, 2.75) is 52.1 Å². The van der Waals surface area contributed by atoms with Gasteiger partial charge in [-0.1, -0.05) is 0 Å². The molecule has 1 fully saturated rings. The van der Waals surface area contributed by atoms with Crippen molar-refractivity contribution in [3.8, 4) is 0 Å². The molecule has 17 heavy (non-hydrogen) atoms. The summed E-state index contributed by atoms with van der Waals surface area (Å²) in [6.07, 6.45) is 2.08. The Hall–Kier alpha value is -1.26. The number of urea groups is 1. The molecule has 0 aromatic heterocycles. The number of hydrogen-bond acceptors (Lipinski definition) is 2. The highest BCUT2D eigenvalue weighted by atomic mass is 16.4. The van der Waals surface area contributed by atoms with Crippen molar-refractivity contribution in [1.29, 1.82) is 0 Å². The van der Waals surface area contributed by atoms with E-state index in [1.165, 1.54) is 0 Å². The first kappa shape index (κ1) is 13.8. The van der Waals surface area contributed by atoms with Crippen LogP contribution in [0.5, 0.6) is 0 Å². The zero-order valence-electron chi connectivity index (χ0n) is 10.8. The highest BCUT2D eigenvalue weighted by molar-refractivity contribution is 5.76. The fraction of sp³-hybridized carbons (Fsp3) is 0.833. The van der Waals surface area contributed by atoms with Gasteiger partial charge in [-0.25, -0.2) is 4.79 Å². The van der Waals surface area contributed by atoms with Gasteiger partial charge in [0, 0.05) is 25.2 Å². The van der Waals surface area contributed by atoms with Crippen molar-refractivity contribution in [3.63, 3.8) is 0 Å². The predicted molar refractivity (Wildman–Crippen MR) is 64.9 cm³/mol. The van der Waals surface area contributed by atoms with Gasteiger partial charge in [0.25, 0.3) is 0 Å². The molecule has 5 nitrogen and oxygen atoms in total. The fourth-order valence-electron chi connectivity index (χ4n) is 2.38. The van der Waals surface area contributed by atoms with Gasteiger partial charge in [-0.05, 0) is 33.6 Å². The second kappa shape index (κ2) is 5.89. The Morgan fingerprint density at radius 3 is 2.59 bits per heavy atom. The minimum atomic E-state index is -0.863. The van der Waals surface area contributed by atoms with E-state index >= 15 is 0 Å². The molecule has 2 amide bonds. The molecule has 0 aromatic rings. The van der Waals surface area contributed by atoms with Crippen LogP contribution in [0.25, 0.3) is 0 Å². The number of aliphatic carboxylic acids is 1. The minimum absolute atomic E-state index is 0.00179. The highest BCUT2D eigenvalue weighted by Gasteiger charge is 2.30. The molecule has 2 atom stereocenters. The van der Waals surface area contributed by atoms with Crippen LogP contribution < -0.4 is 0 Å². The molecule has 0 radical (unpaired) electrons. The summed E-state index contributed by atoms with van der Waals surface area (Å²) < 4.78 is 0.